The number of hydrogen-bond donors (Lipinski definition) is 2. The van der Waals surface area contributed by atoms with Gasteiger partial charge in [0.1, 0.15) is 5.82 Å². The molecule has 0 saturated carbocycles. The molecule has 1 saturated heterocycles. The van der Waals surface area contributed by atoms with E-state index in [-0.39, 0.29) is 18.2 Å². The van der Waals surface area contributed by atoms with Crippen LogP contribution in [0.3, 0.4) is 0 Å². The number of rotatable bonds is 7. The maximum absolute atomic E-state index is 13.0. The fourth-order valence-electron chi connectivity index (χ4n) is 3.97. The second-order valence-electron chi connectivity index (χ2n) is 8.07. The Morgan fingerprint density at radius 2 is 1.97 bits per heavy atom. The largest absolute Gasteiger partial charge is 0.372 e. The van der Waals surface area contributed by atoms with Crippen LogP contribution >= 0.6 is 0 Å². The minimum atomic E-state index is -0.204. The minimum Gasteiger partial charge on any atom is -0.372 e. The third-order valence-corrected chi connectivity index (χ3v) is 5.54. The van der Waals surface area contributed by atoms with Gasteiger partial charge in [-0.05, 0) is 31.4 Å². The smallest absolute Gasteiger partial charge is 0.318 e. The number of ether oxygens (including phenoxy) is 1. The van der Waals surface area contributed by atoms with Crippen LogP contribution in [0, 0.1) is 13.8 Å². The molecule has 31 heavy (non-hydrogen) atoms. The zero-order valence-corrected chi connectivity index (χ0v) is 18.0. The number of benzene rings is 2. The van der Waals surface area contributed by atoms with E-state index in [0.29, 0.717) is 31.9 Å². The Kier molecular flexibility index (Phi) is 6.62. The first-order valence-electron chi connectivity index (χ1n) is 10.7. The molecule has 2 N–H and O–H groups in total. The quantitative estimate of drug-likeness (QED) is 0.612. The highest BCUT2D eigenvalue weighted by atomic mass is 16.5. The number of nitrogens with one attached hydrogen (secondary N) is 2. The van der Waals surface area contributed by atoms with E-state index in [9.17, 15) is 4.79 Å². The number of aromatic amines is 1. The SMILES string of the molecule is Cc1cccc(COC2CC(c3n[nH]c(C)n3)N(C(=O)NCCc3ccccc3)C2)c1. The van der Waals surface area contributed by atoms with Crippen molar-refractivity contribution in [3.8, 4) is 0 Å². The third-order valence-electron chi connectivity index (χ3n) is 5.54. The Hall–Kier alpha value is -3.19. The molecule has 1 fully saturated rings. The Bertz CT molecular complexity index is 1000. The summed E-state index contributed by atoms with van der Waals surface area (Å²) in [5, 5.41) is 10.2. The monoisotopic (exact) mass is 419 g/mol. The molecule has 1 aromatic heterocycles. The summed E-state index contributed by atoms with van der Waals surface area (Å²) in [7, 11) is 0. The predicted molar refractivity (Wildman–Crippen MR) is 118 cm³/mol. The molecule has 2 unspecified atom stereocenters. The lowest BCUT2D eigenvalue weighted by Gasteiger charge is -2.22. The van der Waals surface area contributed by atoms with Crippen LogP contribution in [-0.4, -0.2) is 45.3 Å². The number of likely N-dealkylation sites (tertiary alicyclic amines) is 1. The molecule has 2 atom stereocenters. The van der Waals surface area contributed by atoms with Crippen molar-refractivity contribution >= 4 is 6.03 Å². The van der Waals surface area contributed by atoms with E-state index in [1.54, 1.807) is 4.90 Å². The molecule has 162 valence electrons. The van der Waals surface area contributed by atoms with E-state index >= 15 is 0 Å². The van der Waals surface area contributed by atoms with Crippen molar-refractivity contribution < 1.29 is 9.53 Å². The number of carbonyl (C=O) groups excluding carboxylic acids is 1. The van der Waals surface area contributed by atoms with Crippen LogP contribution in [0.15, 0.2) is 54.6 Å². The summed E-state index contributed by atoms with van der Waals surface area (Å²) in [6.45, 7) is 5.55. The summed E-state index contributed by atoms with van der Waals surface area (Å²) in [6.07, 6.45) is 1.40. The van der Waals surface area contributed by atoms with E-state index in [2.05, 4.69) is 57.8 Å². The van der Waals surface area contributed by atoms with Gasteiger partial charge in [0.15, 0.2) is 5.82 Å². The summed E-state index contributed by atoms with van der Waals surface area (Å²) in [4.78, 5) is 19.3. The number of amides is 2. The molecule has 2 amide bonds. The molecule has 2 aromatic carbocycles. The standard InChI is InChI=1S/C24H29N5O2/c1-17-7-6-10-20(13-17)16-31-21-14-22(23-26-18(2)27-28-23)29(15-21)24(30)25-12-11-19-8-4-3-5-9-19/h3-10,13,21-22H,11-12,14-16H2,1-2H3,(H,25,30)(H,26,27,28). The Morgan fingerprint density at radius 1 is 1.16 bits per heavy atom. The van der Waals surface area contributed by atoms with E-state index in [1.807, 2.05) is 31.2 Å². The van der Waals surface area contributed by atoms with Gasteiger partial charge in [-0.15, -0.1) is 0 Å². The fourth-order valence-corrected chi connectivity index (χ4v) is 3.97. The number of H-pyrrole nitrogens is 1. The van der Waals surface area contributed by atoms with Gasteiger partial charge in [-0.3, -0.25) is 5.10 Å². The van der Waals surface area contributed by atoms with Crippen LogP contribution in [0.1, 0.15) is 40.8 Å². The van der Waals surface area contributed by atoms with Crippen LogP contribution in [0.25, 0.3) is 0 Å². The maximum atomic E-state index is 13.0. The van der Waals surface area contributed by atoms with Gasteiger partial charge in [0, 0.05) is 19.5 Å². The normalized spacial score (nSPS) is 18.3. The first-order chi connectivity index (χ1) is 15.1. The summed E-state index contributed by atoms with van der Waals surface area (Å²) in [5.74, 6) is 1.38. The summed E-state index contributed by atoms with van der Waals surface area (Å²) < 4.78 is 6.17. The van der Waals surface area contributed by atoms with Gasteiger partial charge in [-0.1, -0.05) is 60.2 Å². The fraction of sp³-hybridized carbons (Fsp3) is 0.375. The number of aryl methyl sites for hydroxylation is 2. The molecular formula is C24H29N5O2. The van der Waals surface area contributed by atoms with E-state index in [1.165, 1.54) is 11.1 Å². The summed E-state index contributed by atoms with van der Waals surface area (Å²) in [6, 6.07) is 18.1. The third kappa shape index (κ3) is 5.49. The Labute approximate surface area is 182 Å². The zero-order chi connectivity index (χ0) is 21.6. The highest BCUT2D eigenvalue weighted by Crippen LogP contribution is 2.32. The van der Waals surface area contributed by atoms with Crippen molar-refractivity contribution in [1.82, 2.24) is 25.4 Å². The van der Waals surface area contributed by atoms with Crippen LogP contribution in [0.4, 0.5) is 4.79 Å². The molecule has 2 heterocycles. The second kappa shape index (κ2) is 9.75. The molecule has 4 rings (SSSR count). The van der Waals surface area contributed by atoms with E-state index < -0.39 is 0 Å². The highest BCUT2D eigenvalue weighted by Gasteiger charge is 2.39. The van der Waals surface area contributed by atoms with Gasteiger partial charge >= 0.3 is 6.03 Å². The molecule has 7 heteroatoms. The first kappa shape index (κ1) is 21.1. The molecule has 3 aromatic rings. The number of carbonyl (C=O) groups is 1. The van der Waals surface area contributed by atoms with Crippen LogP contribution < -0.4 is 5.32 Å². The molecule has 0 spiro atoms. The van der Waals surface area contributed by atoms with Crippen molar-refractivity contribution in [2.24, 2.45) is 0 Å². The van der Waals surface area contributed by atoms with Crippen molar-refractivity contribution in [3.63, 3.8) is 0 Å². The van der Waals surface area contributed by atoms with Gasteiger partial charge in [0.05, 0.1) is 18.8 Å². The van der Waals surface area contributed by atoms with Crippen LogP contribution in [0.2, 0.25) is 0 Å². The number of aromatic nitrogens is 3. The van der Waals surface area contributed by atoms with Crippen LogP contribution in [0.5, 0.6) is 0 Å². The Morgan fingerprint density at radius 3 is 2.71 bits per heavy atom. The number of urea groups is 1. The van der Waals surface area contributed by atoms with Crippen molar-refractivity contribution in [2.45, 2.75) is 45.4 Å². The molecule has 1 aliphatic rings. The highest BCUT2D eigenvalue weighted by molar-refractivity contribution is 5.75. The predicted octanol–water partition coefficient (Wildman–Crippen LogP) is 3.71. The van der Waals surface area contributed by atoms with Crippen LogP contribution in [-0.2, 0) is 17.8 Å². The molecule has 0 aliphatic carbocycles. The average Bonchev–Trinajstić information content (AvgIpc) is 3.39. The lowest BCUT2D eigenvalue weighted by atomic mass is 10.1. The van der Waals surface area contributed by atoms with E-state index in [0.717, 1.165) is 17.8 Å². The number of nitrogens with zero attached hydrogens (tertiary/aromatic N) is 3. The lowest BCUT2D eigenvalue weighted by Crippen LogP contribution is -2.41. The van der Waals surface area contributed by atoms with E-state index in [4.69, 9.17) is 4.74 Å². The average molecular weight is 420 g/mol. The topological polar surface area (TPSA) is 83.1 Å². The van der Waals surface area contributed by atoms with Gasteiger partial charge in [-0.25, -0.2) is 9.78 Å². The van der Waals surface area contributed by atoms with Gasteiger partial charge in [0.2, 0.25) is 0 Å². The zero-order valence-electron chi connectivity index (χ0n) is 18.0. The maximum Gasteiger partial charge on any atom is 0.318 e. The number of hydrogen-bond acceptors (Lipinski definition) is 4. The molecule has 7 nitrogen and oxygen atoms in total. The van der Waals surface area contributed by atoms with Crippen molar-refractivity contribution in [3.05, 3.63) is 82.9 Å². The molecule has 0 bridgehead atoms. The summed E-state index contributed by atoms with van der Waals surface area (Å²) >= 11 is 0. The molecular weight excluding hydrogens is 390 g/mol. The summed E-state index contributed by atoms with van der Waals surface area (Å²) in [5.41, 5.74) is 3.54. The van der Waals surface area contributed by atoms with Crippen molar-refractivity contribution in [1.29, 1.82) is 0 Å². The molecule has 0 radical (unpaired) electrons. The first-order valence-corrected chi connectivity index (χ1v) is 10.7. The second-order valence-corrected chi connectivity index (χ2v) is 8.07. The Balaban J connectivity index is 1.38. The molecule has 1 aliphatic heterocycles. The van der Waals surface area contributed by atoms with Gasteiger partial charge in [0.25, 0.3) is 0 Å². The van der Waals surface area contributed by atoms with Gasteiger partial charge < -0.3 is 15.0 Å². The van der Waals surface area contributed by atoms with Gasteiger partial charge in [-0.2, -0.15) is 5.10 Å². The lowest BCUT2D eigenvalue weighted by molar-refractivity contribution is 0.0483. The minimum absolute atomic E-state index is 0.0656. The van der Waals surface area contributed by atoms with Crippen molar-refractivity contribution in [2.75, 3.05) is 13.1 Å².